The number of rotatable bonds is 10. The number of nitrogens with zero attached hydrogens (tertiary/aromatic N) is 4. The molecule has 2 aromatic rings. The summed E-state index contributed by atoms with van der Waals surface area (Å²) < 4.78 is 70.1. The number of halogens is 5. The van der Waals surface area contributed by atoms with Gasteiger partial charge in [0.05, 0.1) is 19.2 Å². The van der Waals surface area contributed by atoms with Gasteiger partial charge in [-0.15, -0.1) is 23.8 Å². The Bertz CT molecular complexity index is 1090. The fourth-order valence-electron chi connectivity index (χ4n) is 2.98. The molecule has 0 saturated heterocycles. The number of ether oxygens (including phenoxy) is 1. The van der Waals surface area contributed by atoms with Gasteiger partial charge in [-0.25, -0.2) is 13.5 Å². The fraction of sp³-hybridized carbons (Fsp3) is 0.368. The molecule has 2 amide bonds. The van der Waals surface area contributed by atoms with Gasteiger partial charge in [-0.1, -0.05) is 5.21 Å². The molecular weight excluding hydrogens is 483 g/mol. The predicted octanol–water partition coefficient (Wildman–Crippen LogP) is 1.14. The lowest BCUT2D eigenvalue weighted by molar-refractivity contribution is -0.274. The topological polar surface area (TPSA) is 125 Å². The molecule has 0 aliphatic carbocycles. The van der Waals surface area contributed by atoms with Crippen LogP contribution < -0.4 is 26.3 Å². The number of carbonyl (C=O) groups is 2. The molecule has 1 aromatic heterocycles. The zero-order chi connectivity index (χ0) is 25.6. The zero-order valence-electron chi connectivity index (χ0n) is 18.2. The molecule has 2 heterocycles. The summed E-state index contributed by atoms with van der Waals surface area (Å²) in [6.07, 6.45) is -4.08. The van der Waals surface area contributed by atoms with Crippen LogP contribution in [0.2, 0.25) is 0 Å². The first-order valence-corrected chi connectivity index (χ1v) is 10.1. The number of carbonyl (C=O) groups excluding carboxylic acids is 2. The van der Waals surface area contributed by atoms with E-state index in [2.05, 4.69) is 36.6 Å². The van der Waals surface area contributed by atoms with Crippen molar-refractivity contribution in [1.29, 1.82) is 0 Å². The van der Waals surface area contributed by atoms with E-state index < -0.39 is 36.4 Å². The van der Waals surface area contributed by atoms with Crippen LogP contribution in [0.5, 0.6) is 5.75 Å². The lowest BCUT2D eigenvalue weighted by Crippen LogP contribution is -2.39. The molecule has 0 bridgehead atoms. The normalized spacial score (nSPS) is 14.2. The van der Waals surface area contributed by atoms with E-state index in [0.29, 0.717) is 0 Å². The van der Waals surface area contributed by atoms with E-state index in [1.807, 2.05) is 0 Å². The van der Waals surface area contributed by atoms with Crippen LogP contribution >= 0.6 is 0 Å². The minimum atomic E-state index is -4.96. The van der Waals surface area contributed by atoms with Crippen molar-refractivity contribution in [3.63, 3.8) is 0 Å². The van der Waals surface area contributed by atoms with Crippen molar-refractivity contribution in [3.05, 3.63) is 47.7 Å². The third-order valence-electron chi connectivity index (χ3n) is 4.57. The van der Waals surface area contributed by atoms with Crippen LogP contribution in [0.1, 0.15) is 12.0 Å². The Morgan fingerprint density at radius 2 is 2.06 bits per heavy atom. The summed E-state index contributed by atoms with van der Waals surface area (Å²) in [7, 11) is 1.48. The average molecular weight is 504 g/mol. The fourth-order valence-corrected chi connectivity index (χ4v) is 2.98. The van der Waals surface area contributed by atoms with Gasteiger partial charge in [-0.3, -0.25) is 20.0 Å². The largest absolute Gasteiger partial charge is 0.573 e. The van der Waals surface area contributed by atoms with Crippen molar-refractivity contribution in [2.75, 3.05) is 18.9 Å². The summed E-state index contributed by atoms with van der Waals surface area (Å²) in [6, 6.07) is 2.31. The molecular formula is C19H21F5N8O3. The highest BCUT2D eigenvalue weighted by atomic mass is 19.4. The van der Waals surface area contributed by atoms with Crippen molar-refractivity contribution >= 4 is 17.6 Å². The first kappa shape index (κ1) is 25.7. The van der Waals surface area contributed by atoms with Crippen molar-refractivity contribution in [2.45, 2.75) is 31.9 Å². The highest BCUT2D eigenvalue weighted by Gasteiger charge is 2.31. The second-order valence-electron chi connectivity index (χ2n) is 7.29. The van der Waals surface area contributed by atoms with E-state index in [1.165, 1.54) is 24.5 Å². The summed E-state index contributed by atoms with van der Waals surface area (Å²) in [5, 5.41) is 13.6. The van der Waals surface area contributed by atoms with Gasteiger partial charge >= 0.3 is 6.36 Å². The standard InChI is InChI=1S/C19H21F5N8O3/c1-25-18(34)15-9-31(29-27-15)5-4-12(20)8-32-10-16(28-30-32)26-17(33)7-11-6-13(2-3-14(11)21)35-19(22,23)24/h2-3,6,9-10,12,27,29H,4-5,7-8H2,1H3,(H,25,34)(H,26,33). The van der Waals surface area contributed by atoms with E-state index in [4.69, 9.17) is 0 Å². The molecule has 0 radical (unpaired) electrons. The number of hydrogen-bond donors (Lipinski definition) is 4. The average Bonchev–Trinajstić information content (AvgIpc) is 3.42. The molecule has 0 spiro atoms. The van der Waals surface area contributed by atoms with E-state index in [0.717, 1.165) is 22.9 Å². The first-order valence-electron chi connectivity index (χ1n) is 10.1. The maximum absolute atomic E-state index is 14.3. The van der Waals surface area contributed by atoms with Crippen LogP contribution in [0, 0.1) is 5.82 Å². The molecule has 35 heavy (non-hydrogen) atoms. The number of benzene rings is 1. The van der Waals surface area contributed by atoms with Gasteiger partial charge in [0.25, 0.3) is 5.91 Å². The monoisotopic (exact) mass is 504 g/mol. The van der Waals surface area contributed by atoms with Crippen molar-refractivity contribution in [1.82, 2.24) is 36.3 Å². The first-order chi connectivity index (χ1) is 16.5. The molecule has 1 aliphatic heterocycles. The Labute approximate surface area is 195 Å². The van der Waals surface area contributed by atoms with Crippen LogP contribution in [0.25, 0.3) is 0 Å². The van der Waals surface area contributed by atoms with E-state index in [1.54, 1.807) is 0 Å². The summed E-state index contributed by atoms with van der Waals surface area (Å²) in [6.45, 7) is 0.0528. The van der Waals surface area contributed by atoms with Crippen LogP contribution in [0.3, 0.4) is 0 Å². The molecule has 1 aromatic carbocycles. The van der Waals surface area contributed by atoms with Crippen molar-refractivity contribution in [3.8, 4) is 5.75 Å². The molecule has 0 saturated carbocycles. The second kappa shape index (κ2) is 11.0. The Morgan fingerprint density at radius 1 is 1.29 bits per heavy atom. The Morgan fingerprint density at radius 3 is 2.77 bits per heavy atom. The summed E-state index contributed by atoms with van der Waals surface area (Å²) in [4.78, 5) is 23.7. The molecule has 3 rings (SSSR count). The van der Waals surface area contributed by atoms with Gasteiger partial charge in [0.1, 0.15) is 23.4 Å². The number of nitrogens with one attached hydrogen (secondary N) is 4. The number of anilines is 1. The summed E-state index contributed by atoms with van der Waals surface area (Å²) >= 11 is 0. The number of likely N-dealkylation sites (N-methyl/N-ethyl adjacent to an activating group) is 1. The van der Waals surface area contributed by atoms with Crippen molar-refractivity contribution in [2.24, 2.45) is 0 Å². The lowest BCUT2D eigenvalue weighted by atomic mass is 10.1. The smallest absolute Gasteiger partial charge is 0.406 e. The van der Waals surface area contributed by atoms with Gasteiger partial charge in [0.15, 0.2) is 5.82 Å². The molecule has 4 N–H and O–H groups in total. The molecule has 1 atom stereocenters. The van der Waals surface area contributed by atoms with Gasteiger partial charge < -0.3 is 15.4 Å². The molecule has 1 aliphatic rings. The molecule has 1 unspecified atom stereocenters. The molecule has 16 heteroatoms. The Kier molecular flexibility index (Phi) is 8.06. The Hall–Kier alpha value is -3.95. The SMILES string of the molecule is CNC(=O)C1=CN(CCC(F)Cn2cc(NC(=O)Cc3cc(OC(F)(F)F)ccc3F)nn2)NN1. The van der Waals surface area contributed by atoms with Gasteiger partial charge in [0, 0.05) is 25.4 Å². The molecule has 190 valence electrons. The van der Waals surface area contributed by atoms with Crippen LogP contribution in [-0.4, -0.2) is 57.9 Å². The third-order valence-corrected chi connectivity index (χ3v) is 4.57. The lowest BCUT2D eigenvalue weighted by Gasteiger charge is -2.16. The van der Waals surface area contributed by atoms with E-state index >= 15 is 0 Å². The number of alkyl halides is 4. The maximum Gasteiger partial charge on any atom is 0.573 e. The van der Waals surface area contributed by atoms with Gasteiger partial charge in [0.2, 0.25) is 5.91 Å². The van der Waals surface area contributed by atoms with Crippen LogP contribution in [0.4, 0.5) is 27.8 Å². The minimum absolute atomic E-state index is 0.0473. The maximum atomic E-state index is 14.3. The zero-order valence-corrected chi connectivity index (χ0v) is 18.2. The molecule has 0 fully saturated rings. The molecule has 11 nitrogen and oxygen atoms in total. The van der Waals surface area contributed by atoms with Gasteiger partial charge in [-0.2, -0.15) is 0 Å². The number of aromatic nitrogens is 3. The van der Waals surface area contributed by atoms with Crippen molar-refractivity contribution < 1.29 is 36.3 Å². The quantitative estimate of drug-likeness (QED) is 0.355. The highest BCUT2D eigenvalue weighted by Crippen LogP contribution is 2.25. The predicted molar refractivity (Wildman–Crippen MR) is 110 cm³/mol. The second-order valence-corrected chi connectivity index (χ2v) is 7.29. The summed E-state index contributed by atoms with van der Waals surface area (Å²) in [5.41, 5.74) is 5.29. The number of hydrogen-bond acceptors (Lipinski definition) is 8. The minimum Gasteiger partial charge on any atom is -0.406 e. The number of amides is 2. The van der Waals surface area contributed by atoms with Crippen LogP contribution in [0.15, 0.2) is 36.3 Å². The van der Waals surface area contributed by atoms with Crippen LogP contribution in [-0.2, 0) is 22.6 Å². The third kappa shape index (κ3) is 7.80. The Balaban J connectivity index is 1.48. The number of hydrazine groups is 2. The summed E-state index contributed by atoms with van der Waals surface area (Å²) in [5.74, 6) is -2.71. The van der Waals surface area contributed by atoms with Gasteiger partial charge in [-0.05, 0) is 24.6 Å². The van der Waals surface area contributed by atoms with E-state index in [9.17, 15) is 31.5 Å². The van der Waals surface area contributed by atoms with E-state index in [-0.39, 0.29) is 42.5 Å². The highest BCUT2D eigenvalue weighted by molar-refractivity contribution is 5.92.